The predicted octanol–water partition coefficient (Wildman–Crippen LogP) is 4.17. The minimum atomic E-state index is -0.157. The molecule has 1 heterocycles. The van der Waals surface area contributed by atoms with Gasteiger partial charge < -0.3 is 9.88 Å². The van der Waals surface area contributed by atoms with Gasteiger partial charge in [-0.15, -0.1) is 0 Å². The largest absolute Gasteiger partial charge is 0.350 e. The third-order valence-corrected chi connectivity index (χ3v) is 3.95. The number of benzene rings is 2. The number of nitrogens with zero attached hydrogens (tertiary/aromatic N) is 1. The molecule has 1 N–H and O–H groups in total. The van der Waals surface area contributed by atoms with E-state index in [1.54, 1.807) is 6.07 Å². The minimum Gasteiger partial charge on any atom is -0.350 e. The highest BCUT2D eigenvalue weighted by Crippen LogP contribution is 2.22. The lowest BCUT2D eigenvalue weighted by molar-refractivity contribution is 0.529. The lowest BCUT2D eigenvalue weighted by Crippen LogP contribution is -2.19. The number of halogens is 1. The van der Waals surface area contributed by atoms with Crippen molar-refractivity contribution in [2.45, 2.75) is 19.5 Å². The highest BCUT2D eigenvalue weighted by molar-refractivity contribution is 5.83. The monoisotopic (exact) mass is 282 g/mol. The number of rotatable bonds is 4. The average molecular weight is 282 g/mol. The van der Waals surface area contributed by atoms with Crippen LogP contribution in [0.5, 0.6) is 0 Å². The summed E-state index contributed by atoms with van der Waals surface area (Å²) >= 11 is 0. The van der Waals surface area contributed by atoms with Crippen molar-refractivity contribution >= 4 is 10.9 Å². The van der Waals surface area contributed by atoms with E-state index >= 15 is 0 Å². The normalized spacial score (nSPS) is 12.7. The molecule has 1 atom stereocenters. The fraction of sp³-hybridized carbons (Fsp3) is 0.222. The van der Waals surface area contributed by atoms with Crippen LogP contribution in [0.4, 0.5) is 4.39 Å². The summed E-state index contributed by atoms with van der Waals surface area (Å²) < 4.78 is 15.9. The van der Waals surface area contributed by atoms with Crippen LogP contribution >= 0.6 is 0 Å². The lowest BCUT2D eigenvalue weighted by Gasteiger charge is -2.14. The summed E-state index contributed by atoms with van der Waals surface area (Å²) in [7, 11) is 2.05. The maximum absolute atomic E-state index is 13.8. The molecule has 3 rings (SSSR count). The average Bonchev–Trinajstić information content (AvgIpc) is 2.82. The van der Waals surface area contributed by atoms with Gasteiger partial charge in [-0.2, -0.15) is 0 Å². The number of aromatic nitrogens is 1. The summed E-state index contributed by atoms with van der Waals surface area (Å²) in [6, 6.07) is 15.2. The van der Waals surface area contributed by atoms with Crippen molar-refractivity contribution in [1.29, 1.82) is 0 Å². The Morgan fingerprint density at radius 1 is 1.10 bits per heavy atom. The van der Waals surface area contributed by atoms with Crippen molar-refractivity contribution in [2.24, 2.45) is 7.05 Å². The first-order valence-corrected chi connectivity index (χ1v) is 7.17. The summed E-state index contributed by atoms with van der Waals surface area (Å²) in [6.45, 7) is 2.71. The second-order valence-electron chi connectivity index (χ2n) is 5.41. The molecular weight excluding hydrogens is 263 g/mol. The number of nitrogens with one attached hydrogen (secondary N) is 1. The Bertz CT molecular complexity index is 761. The zero-order valence-electron chi connectivity index (χ0n) is 12.3. The van der Waals surface area contributed by atoms with Crippen molar-refractivity contribution in [3.63, 3.8) is 0 Å². The Hall–Kier alpha value is -2.13. The van der Waals surface area contributed by atoms with Gasteiger partial charge in [0.2, 0.25) is 0 Å². The third kappa shape index (κ3) is 2.69. The first-order chi connectivity index (χ1) is 10.2. The Labute approximate surface area is 124 Å². The standard InChI is InChI=1S/C18H19FN2/c1-13(15-7-3-5-9-17(15)19)20-11-14-12-21(2)18-10-6-4-8-16(14)18/h3-10,12-13,20H,11H2,1-2H3. The topological polar surface area (TPSA) is 17.0 Å². The SMILES string of the molecule is CC(NCc1cn(C)c2ccccc12)c1ccccc1F. The van der Waals surface area contributed by atoms with Crippen LogP contribution in [-0.4, -0.2) is 4.57 Å². The van der Waals surface area contributed by atoms with Crippen LogP contribution in [-0.2, 0) is 13.6 Å². The molecule has 0 bridgehead atoms. The minimum absolute atomic E-state index is 0.0230. The second-order valence-corrected chi connectivity index (χ2v) is 5.41. The van der Waals surface area contributed by atoms with E-state index in [4.69, 9.17) is 0 Å². The first kappa shape index (κ1) is 13.8. The summed E-state index contributed by atoms with van der Waals surface area (Å²) in [5.41, 5.74) is 3.15. The molecule has 0 aliphatic heterocycles. The molecular formula is C18H19FN2. The van der Waals surface area contributed by atoms with Gasteiger partial charge in [0.25, 0.3) is 0 Å². The molecule has 3 heteroatoms. The van der Waals surface area contributed by atoms with Gasteiger partial charge in [0.1, 0.15) is 5.82 Å². The Kier molecular flexibility index (Phi) is 3.76. The van der Waals surface area contributed by atoms with Crippen molar-refractivity contribution in [1.82, 2.24) is 9.88 Å². The van der Waals surface area contributed by atoms with E-state index in [-0.39, 0.29) is 11.9 Å². The van der Waals surface area contributed by atoms with Gasteiger partial charge in [0.05, 0.1) is 0 Å². The van der Waals surface area contributed by atoms with Crippen molar-refractivity contribution in [3.05, 3.63) is 71.7 Å². The van der Waals surface area contributed by atoms with Gasteiger partial charge >= 0.3 is 0 Å². The van der Waals surface area contributed by atoms with Crippen LogP contribution in [0.2, 0.25) is 0 Å². The molecule has 0 aliphatic rings. The Morgan fingerprint density at radius 2 is 1.81 bits per heavy atom. The van der Waals surface area contributed by atoms with Crippen LogP contribution in [0, 0.1) is 5.82 Å². The molecule has 0 fully saturated rings. The zero-order valence-corrected chi connectivity index (χ0v) is 12.3. The molecule has 108 valence electrons. The van der Waals surface area contributed by atoms with E-state index < -0.39 is 0 Å². The van der Waals surface area contributed by atoms with Gasteiger partial charge in [-0.3, -0.25) is 0 Å². The molecule has 0 radical (unpaired) electrons. The molecule has 0 amide bonds. The maximum atomic E-state index is 13.8. The smallest absolute Gasteiger partial charge is 0.127 e. The van der Waals surface area contributed by atoms with Crippen LogP contribution in [0.25, 0.3) is 10.9 Å². The fourth-order valence-electron chi connectivity index (χ4n) is 2.77. The van der Waals surface area contributed by atoms with Crippen molar-refractivity contribution in [3.8, 4) is 0 Å². The van der Waals surface area contributed by atoms with Crippen LogP contribution in [0.15, 0.2) is 54.7 Å². The van der Waals surface area contributed by atoms with Crippen LogP contribution in [0.1, 0.15) is 24.1 Å². The van der Waals surface area contributed by atoms with E-state index in [0.29, 0.717) is 5.56 Å². The maximum Gasteiger partial charge on any atom is 0.127 e. The summed E-state index contributed by atoms with van der Waals surface area (Å²) in [5.74, 6) is -0.157. The van der Waals surface area contributed by atoms with Gasteiger partial charge in [-0.1, -0.05) is 36.4 Å². The summed E-state index contributed by atoms with van der Waals surface area (Å²) in [6.07, 6.45) is 2.13. The highest BCUT2D eigenvalue weighted by Gasteiger charge is 2.11. The molecule has 0 saturated carbocycles. The van der Waals surface area contributed by atoms with E-state index in [1.165, 1.54) is 22.5 Å². The molecule has 0 aliphatic carbocycles. The van der Waals surface area contributed by atoms with E-state index in [0.717, 1.165) is 6.54 Å². The predicted molar refractivity (Wildman–Crippen MR) is 84.6 cm³/mol. The molecule has 0 spiro atoms. The molecule has 1 aromatic heterocycles. The van der Waals surface area contributed by atoms with Gasteiger partial charge in [0.15, 0.2) is 0 Å². The van der Waals surface area contributed by atoms with E-state index in [9.17, 15) is 4.39 Å². The number of para-hydroxylation sites is 1. The van der Waals surface area contributed by atoms with Crippen LogP contribution < -0.4 is 5.32 Å². The van der Waals surface area contributed by atoms with Crippen LogP contribution in [0.3, 0.4) is 0 Å². The van der Waals surface area contributed by atoms with E-state index in [2.05, 4.69) is 28.2 Å². The summed E-state index contributed by atoms with van der Waals surface area (Å²) in [4.78, 5) is 0. The number of aryl methyl sites for hydroxylation is 1. The lowest BCUT2D eigenvalue weighted by atomic mass is 10.1. The second kappa shape index (κ2) is 5.70. The quantitative estimate of drug-likeness (QED) is 0.760. The fourth-order valence-corrected chi connectivity index (χ4v) is 2.77. The molecule has 3 aromatic rings. The molecule has 2 nitrogen and oxygen atoms in total. The number of hydrogen-bond acceptors (Lipinski definition) is 1. The van der Waals surface area contributed by atoms with E-state index in [1.807, 2.05) is 38.2 Å². The summed E-state index contributed by atoms with van der Waals surface area (Å²) in [5, 5.41) is 4.65. The highest BCUT2D eigenvalue weighted by atomic mass is 19.1. The third-order valence-electron chi connectivity index (χ3n) is 3.95. The molecule has 2 aromatic carbocycles. The van der Waals surface area contributed by atoms with Gasteiger partial charge in [0, 0.05) is 42.3 Å². The zero-order chi connectivity index (χ0) is 14.8. The Morgan fingerprint density at radius 3 is 2.62 bits per heavy atom. The number of fused-ring (bicyclic) bond motifs is 1. The first-order valence-electron chi connectivity index (χ1n) is 7.17. The number of hydrogen-bond donors (Lipinski definition) is 1. The molecule has 1 unspecified atom stereocenters. The Balaban J connectivity index is 1.79. The van der Waals surface area contributed by atoms with Crippen molar-refractivity contribution in [2.75, 3.05) is 0 Å². The molecule has 0 saturated heterocycles. The van der Waals surface area contributed by atoms with Gasteiger partial charge in [-0.05, 0) is 24.6 Å². The van der Waals surface area contributed by atoms with Crippen molar-refractivity contribution < 1.29 is 4.39 Å². The van der Waals surface area contributed by atoms with Gasteiger partial charge in [-0.25, -0.2) is 4.39 Å². The molecule has 21 heavy (non-hydrogen) atoms.